The molecule has 0 fully saturated rings. The van der Waals surface area contributed by atoms with E-state index in [0.29, 0.717) is 29.7 Å². The van der Waals surface area contributed by atoms with Crippen LogP contribution in [0.1, 0.15) is 41.3 Å². The Morgan fingerprint density at radius 1 is 0.870 bits per heavy atom. The Bertz CT molecular complexity index is 848. The number of allylic oxidation sites excluding steroid dienone is 1. The van der Waals surface area contributed by atoms with Gasteiger partial charge >= 0.3 is 0 Å². The number of fused-ring (bicyclic) bond motifs is 2. The fraction of sp³-hybridized carbons (Fsp3) is 0.200. The Balaban J connectivity index is 1.85. The van der Waals surface area contributed by atoms with E-state index in [0.717, 1.165) is 11.1 Å². The van der Waals surface area contributed by atoms with Crippen LogP contribution in [0.2, 0.25) is 0 Å². The zero-order chi connectivity index (χ0) is 16.0. The van der Waals surface area contributed by atoms with Crippen LogP contribution in [0.3, 0.4) is 0 Å². The zero-order valence-corrected chi connectivity index (χ0v) is 12.8. The molecule has 0 amide bonds. The molecule has 2 aromatic carbocycles. The molecule has 0 bridgehead atoms. The molecule has 0 saturated carbocycles. The summed E-state index contributed by atoms with van der Waals surface area (Å²) in [5, 5.41) is 0. The molecule has 0 N–H and O–H groups in total. The lowest BCUT2D eigenvalue weighted by Gasteiger charge is -2.39. The molecule has 1 aliphatic carbocycles. The molecule has 3 nitrogen and oxygen atoms in total. The topological polar surface area (TPSA) is 43.4 Å². The Morgan fingerprint density at radius 2 is 1.52 bits per heavy atom. The monoisotopic (exact) mass is 304 g/mol. The summed E-state index contributed by atoms with van der Waals surface area (Å²) < 4.78 is 6.32. The van der Waals surface area contributed by atoms with Gasteiger partial charge in [-0.25, -0.2) is 0 Å². The van der Waals surface area contributed by atoms with E-state index in [1.165, 1.54) is 0 Å². The summed E-state index contributed by atoms with van der Waals surface area (Å²) in [7, 11) is 0. The highest BCUT2D eigenvalue weighted by Gasteiger charge is 2.42. The lowest BCUT2D eigenvalue weighted by atomic mass is 9.80. The van der Waals surface area contributed by atoms with Gasteiger partial charge in [-0.05, 0) is 25.3 Å². The minimum atomic E-state index is -0.492. The highest BCUT2D eigenvalue weighted by atomic mass is 16.5. The molecule has 0 radical (unpaired) electrons. The molecular weight excluding hydrogens is 288 g/mol. The maximum Gasteiger partial charge on any atom is 0.234 e. The quantitative estimate of drug-likeness (QED) is 0.751. The van der Waals surface area contributed by atoms with Gasteiger partial charge in [0, 0.05) is 16.7 Å². The van der Waals surface area contributed by atoms with Crippen LogP contribution in [-0.4, -0.2) is 11.6 Å². The molecular formula is C20H16O3. The van der Waals surface area contributed by atoms with Gasteiger partial charge in [0.15, 0.2) is 0 Å². The van der Waals surface area contributed by atoms with E-state index in [4.69, 9.17) is 4.74 Å². The van der Waals surface area contributed by atoms with Crippen molar-refractivity contribution in [2.75, 3.05) is 0 Å². The van der Waals surface area contributed by atoms with E-state index in [1.807, 2.05) is 49.4 Å². The van der Waals surface area contributed by atoms with Gasteiger partial charge in [-0.15, -0.1) is 0 Å². The Kier molecular flexibility index (Phi) is 2.98. The maximum atomic E-state index is 12.4. The second kappa shape index (κ2) is 4.92. The van der Waals surface area contributed by atoms with Crippen molar-refractivity contribution in [3.8, 4) is 0 Å². The molecule has 0 spiro atoms. The van der Waals surface area contributed by atoms with E-state index >= 15 is 0 Å². The van der Waals surface area contributed by atoms with Crippen LogP contribution in [0.4, 0.5) is 0 Å². The molecule has 2 aromatic rings. The molecule has 1 aliphatic heterocycles. The third-order valence-corrected chi connectivity index (χ3v) is 4.73. The molecule has 1 atom stereocenters. The number of ketones is 2. The summed E-state index contributed by atoms with van der Waals surface area (Å²) in [5.74, 6) is -0.275. The second-order valence-corrected chi connectivity index (χ2v) is 6.21. The van der Waals surface area contributed by atoms with Crippen molar-refractivity contribution >= 4 is 17.3 Å². The van der Waals surface area contributed by atoms with Crippen molar-refractivity contribution in [2.45, 2.75) is 25.4 Å². The van der Waals surface area contributed by atoms with Crippen LogP contribution < -0.4 is 0 Å². The molecule has 0 aromatic heterocycles. The number of carbonyl (C=O) groups excluding carboxylic acids is 2. The van der Waals surface area contributed by atoms with Crippen LogP contribution >= 0.6 is 0 Å². The summed E-state index contributed by atoms with van der Waals surface area (Å²) in [4.78, 5) is 24.6. The molecule has 3 heteroatoms. The van der Waals surface area contributed by atoms with Crippen LogP contribution in [0, 0.1) is 0 Å². The molecule has 0 unspecified atom stereocenters. The van der Waals surface area contributed by atoms with Crippen molar-refractivity contribution in [2.24, 2.45) is 0 Å². The van der Waals surface area contributed by atoms with Gasteiger partial charge in [-0.3, -0.25) is 9.59 Å². The molecule has 1 heterocycles. The fourth-order valence-electron chi connectivity index (χ4n) is 3.38. The predicted molar refractivity (Wildman–Crippen MR) is 86.8 cm³/mol. The molecule has 0 saturated heterocycles. The first-order valence-corrected chi connectivity index (χ1v) is 7.76. The van der Waals surface area contributed by atoms with Gasteiger partial charge in [-0.2, -0.15) is 0 Å². The smallest absolute Gasteiger partial charge is 0.234 e. The van der Waals surface area contributed by atoms with Crippen LogP contribution in [0.25, 0.3) is 5.76 Å². The number of rotatable bonds is 1. The van der Waals surface area contributed by atoms with Gasteiger partial charge in [0.25, 0.3) is 0 Å². The van der Waals surface area contributed by atoms with Gasteiger partial charge in [0.1, 0.15) is 11.4 Å². The maximum absolute atomic E-state index is 12.4. The predicted octanol–water partition coefficient (Wildman–Crippen LogP) is 3.89. The first-order chi connectivity index (χ1) is 11.1. The van der Waals surface area contributed by atoms with Crippen molar-refractivity contribution in [1.82, 2.24) is 0 Å². The van der Waals surface area contributed by atoms with Crippen molar-refractivity contribution < 1.29 is 14.3 Å². The molecule has 23 heavy (non-hydrogen) atoms. The van der Waals surface area contributed by atoms with Gasteiger partial charge in [0.2, 0.25) is 11.6 Å². The number of hydrogen-bond donors (Lipinski definition) is 0. The van der Waals surface area contributed by atoms with Crippen molar-refractivity contribution in [3.63, 3.8) is 0 Å². The average molecular weight is 304 g/mol. The highest BCUT2D eigenvalue weighted by Crippen LogP contribution is 2.45. The number of carbonyl (C=O) groups is 2. The van der Waals surface area contributed by atoms with E-state index in [1.54, 1.807) is 12.1 Å². The summed E-state index contributed by atoms with van der Waals surface area (Å²) in [5.41, 5.74) is 2.27. The lowest BCUT2D eigenvalue weighted by Crippen LogP contribution is -2.35. The zero-order valence-electron chi connectivity index (χ0n) is 12.8. The van der Waals surface area contributed by atoms with E-state index in [9.17, 15) is 9.59 Å². The first-order valence-electron chi connectivity index (χ1n) is 7.76. The number of ether oxygens (including phenoxy) is 1. The van der Waals surface area contributed by atoms with Crippen molar-refractivity contribution in [3.05, 3.63) is 76.9 Å². The van der Waals surface area contributed by atoms with Crippen molar-refractivity contribution in [1.29, 1.82) is 0 Å². The van der Waals surface area contributed by atoms with Crippen LogP contribution in [-0.2, 0) is 15.1 Å². The second-order valence-electron chi connectivity index (χ2n) is 6.21. The normalized spacial score (nSPS) is 23.2. The molecule has 2 aliphatic rings. The summed E-state index contributed by atoms with van der Waals surface area (Å²) >= 11 is 0. The summed E-state index contributed by atoms with van der Waals surface area (Å²) in [6, 6.07) is 17.2. The average Bonchev–Trinajstić information content (AvgIpc) is 2.60. The summed E-state index contributed by atoms with van der Waals surface area (Å²) in [6.45, 7) is 2.04. The highest BCUT2D eigenvalue weighted by molar-refractivity contribution is 6.52. The van der Waals surface area contributed by atoms with Gasteiger partial charge in [-0.1, -0.05) is 54.6 Å². The molecule has 114 valence electrons. The van der Waals surface area contributed by atoms with Crippen LogP contribution in [0.5, 0.6) is 0 Å². The number of hydrogen-bond acceptors (Lipinski definition) is 3. The SMILES string of the molecule is C[C@]1(c2ccccc2)CCC2=C(O1)c1ccccc1C(=O)C2=O. The third-order valence-electron chi connectivity index (χ3n) is 4.73. The van der Waals surface area contributed by atoms with E-state index < -0.39 is 17.2 Å². The first kappa shape index (κ1) is 13.9. The van der Waals surface area contributed by atoms with Crippen LogP contribution in [0.15, 0.2) is 60.2 Å². The van der Waals surface area contributed by atoms with Gasteiger partial charge < -0.3 is 4.74 Å². The van der Waals surface area contributed by atoms with E-state index in [-0.39, 0.29) is 0 Å². The lowest BCUT2D eigenvalue weighted by molar-refractivity contribution is -0.112. The summed E-state index contributed by atoms with van der Waals surface area (Å²) in [6.07, 6.45) is 1.23. The Labute approximate surface area is 134 Å². The number of Topliss-reactive ketones (excluding diaryl/α,β-unsaturated/α-hetero) is 2. The van der Waals surface area contributed by atoms with E-state index in [2.05, 4.69) is 0 Å². The Hall–Kier alpha value is -2.68. The van der Waals surface area contributed by atoms with Gasteiger partial charge in [0.05, 0.1) is 0 Å². The largest absolute Gasteiger partial charge is 0.482 e. The third kappa shape index (κ3) is 2.04. The number of benzene rings is 2. The molecule has 4 rings (SSSR count). The minimum absolute atomic E-state index is 0.422. The standard InChI is InChI=1S/C20H16O3/c1-20(13-7-3-2-4-8-13)12-11-16-18(22)17(21)14-9-5-6-10-15(14)19(16)23-20/h2-10H,11-12H2,1H3/t20-/m1/s1. The fourth-order valence-corrected chi connectivity index (χ4v) is 3.38. The Morgan fingerprint density at radius 3 is 2.26 bits per heavy atom. The minimum Gasteiger partial charge on any atom is -0.482 e.